The molecule has 0 aliphatic heterocycles. The van der Waals surface area contributed by atoms with Gasteiger partial charge in [0.1, 0.15) is 17.3 Å². The molecule has 28 heavy (non-hydrogen) atoms. The predicted octanol–water partition coefficient (Wildman–Crippen LogP) is 4.57. The fourth-order valence-corrected chi connectivity index (χ4v) is 2.89. The van der Waals surface area contributed by atoms with E-state index in [2.05, 4.69) is 10.3 Å². The minimum absolute atomic E-state index is 0.0850. The Kier molecular flexibility index (Phi) is 6.22. The van der Waals surface area contributed by atoms with E-state index in [-0.39, 0.29) is 5.91 Å². The molecule has 0 spiro atoms. The molecular formula is C22H23N3O3. The van der Waals surface area contributed by atoms with Crippen LogP contribution in [0.2, 0.25) is 0 Å². The average molecular weight is 377 g/mol. The zero-order valence-corrected chi connectivity index (χ0v) is 16.2. The van der Waals surface area contributed by atoms with Gasteiger partial charge in [-0.2, -0.15) is 0 Å². The first-order valence-corrected chi connectivity index (χ1v) is 9.12. The summed E-state index contributed by atoms with van der Waals surface area (Å²) in [5.41, 5.74) is 2.21. The Morgan fingerprint density at radius 2 is 1.54 bits per heavy atom. The minimum atomic E-state index is -0.0850. The van der Waals surface area contributed by atoms with E-state index >= 15 is 0 Å². The first kappa shape index (κ1) is 19.4. The molecule has 1 aromatic heterocycles. The highest BCUT2D eigenvalue weighted by atomic mass is 16.5. The van der Waals surface area contributed by atoms with Crippen molar-refractivity contribution < 1.29 is 14.3 Å². The van der Waals surface area contributed by atoms with Crippen molar-refractivity contribution in [1.29, 1.82) is 0 Å². The number of para-hydroxylation sites is 2. The number of nitrogens with one attached hydrogen (secondary N) is 1. The van der Waals surface area contributed by atoms with Crippen LogP contribution in [0.15, 0.2) is 54.6 Å². The number of amides is 1. The molecule has 0 bridgehead atoms. The number of aromatic nitrogens is 2. The Balaban J connectivity index is 2.15. The van der Waals surface area contributed by atoms with Crippen LogP contribution in [0.25, 0.3) is 22.6 Å². The number of ether oxygens (including phenoxy) is 2. The summed E-state index contributed by atoms with van der Waals surface area (Å²) in [4.78, 5) is 21.4. The van der Waals surface area contributed by atoms with E-state index < -0.39 is 0 Å². The summed E-state index contributed by atoms with van der Waals surface area (Å²) in [5.74, 6) is 2.17. The van der Waals surface area contributed by atoms with Gasteiger partial charge in [0, 0.05) is 18.1 Å². The van der Waals surface area contributed by atoms with Gasteiger partial charge in [-0.05, 0) is 30.7 Å². The summed E-state index contributed by atoms with van der Waals surface area (Å²) in [6, 6.07) is 16.9. The third-order valence-corrected chi connectivity index (χ3v) is 4.20. The van der Waals surface area contributed by atoms with E-state index in [0.29, 0.717) is 35.3 Å². The van der Waals surface area contributed by atoms with Crippen molar-refractivity contribution in [1.82, 2.24) is 9.97 Å². The number of anilines is 1. The number of carbonyl (C=O) groups is 1. The molecule has 0 unspecified atom stereocenters. The second-order valence-electron chi connectivity index (χ2n) is 6.16. The predicted molar refractivity (Wildman–Crippen MR) is 110 cm³/mol. The SMILES string of the molecule is CCCC(=O)Nc1cc(-c2ccccc2OC)nc(-c2ccccc2OC)n1. The van der Waals surface area contributed by atoms with Crippen molar-refractivity contribution in [3.05, 3.63) is 54.6 Å². The molecule has 6 heteroatoms. The van der Waals surface area contributed by atoms with Gasteiger partial charge in [0.25, 0.3) is 0 Å². The quantitative estimate of drug-likeness (QED) is 0.653. The Morgan fingerprint density at radius 3 is 2.18 bits per heavy atom. The molecule has 0 saturated carbocycles. The van der Waals surface area contributed by atoms with Gasteiger partial charge >= 0.3 is 0 Å². The molecule has 0 atom stereocenters. The average Bonchev–Trinajstić information content (AvgIpc) is 2.73. The Bertz CT molecular complexity index is 907. The van der Waals surface area contributed by atoms with Crippen LogP contribution in [-0.2, 0) is 4.79 Å². The Labute approximate surface area is 164 Å². The third-order valence-electron chi connectivity index (χ3n) is 4.20. The lowest BCUT2D eigenvalue weighted by molar-refractivity contribution is -0.116. The summed E-state index contributed by atoms with van der Waals surface area (Å²) in [6.45, 7) is 1.96. The standard InChI is InChI=1S/C22H23N3O3/c1-4-9-21(26)24-20-14-17(15-10-5-7-12-18(15)27-2)23-22(25-20)16-11-6-8-13-19(16)28-3/h5-8,10-14H,4,9H2,1-3H3,(H,23,24,25,26). The van der Waals surface area contributed by atoms with Gasteiger partial charge < -0.3 is 14.8 Å². The van der Waals surface area contributed by atoms with E-state index in [1.165, 1.54) is 0 Å². The largest absolute Gasteiger partial charge is 0.496 e. The number of nitrogens with zero attached hydrogens (tertiary/aromatic N) is 2. The molecule has 3 aromatic rings. The molecule has 0 saturated heterocycles. The normalized spacial score (nSPS) is 10.4. The number of hydrogen-bond acceptors (Lipinski definition) is 5. The molecule has 144 valence electrons. The van der Waals surface area contributed by atoms with Crippen LogP contribution in [-0.4, -0.2) is 30.1 Å². The third kappa shape index (κ3) is 4.28. The fraction of sp³-hybridized carbons (Fsp3) is 0.227. The van der Waals surface area contributed by atoms with E-state index in [1.807, 2.05) is 55.5 Å². The van der Waals surface area contributed by atoms with Crippen LogP contribution in [0.3, 0.4) is 0 Å². The molecule has 3 rings (SSSR count). The summed E-state index contributed by atoms with van der Waals surface area (Å²) < 4.78 is 10.9. The first-order chi connectivity index (χ1) is 13.7. The van der Waals surface area contributed by atoms with Crippen molar-refractivity contribution >= 4 is 11.7 Å². The Hall–Kier alpha value is -3.41. The van der Waals surface area contributed by atoms with Crippen molar-refractivity contribution in [2.24, 2.45) is 0 Å². The van der Waals surface area contributed by atoms with Gasteiger partial charge in [-0.25, -0.2) is 9.97 Å². The zero-order valence-electron chi connectivity index (χ0n) is 16.2. The highest BCUT2D eigenvalue weighted by Gasteiger charge is 2.15. The molecule has 0 aliphatic carbocycles. The highest BCUT2D eigenvalue weighted by Crippen LogP contribution is 2.33. The van der Waals surface area contributed by atoms with E-state index in [1.54, 1.807) is 20.3 Å². The number of benzene rings is 2. The van der Waals surface area contributed by atoms with E-state index in [4.69, 9.17) is 14.5 Å². The van der Waals surface area contributed by atoms with Gasteiger partial charge in [-0.3, -0.25) is 4.79 Å². The lowest BCUT2D eigenvalue weighted by Gasteiger charge is -2.13. The summed E-state index contributed by atoms with van der Waals surface area (Å²) in [6.07, 6.45) is 1.19. The molecule has 0 radical (unpaired) electrons. The molecule has 0 aliphatic rings. The second kappa shape index (κ2) is 8.99. The van der Waals surface area contributed by atoms with Crippen molar-refractivity contribution in [2.45, 2.75) is 19.8 Å². The maximum atomic E-state index is 12.1. The lowest BCUT2D eigenvalue weighted by Crippen LogP contribution is -2.13. The summed E-state index contributed by atoms with van der Waals surface area (Å²) >= 11 is 0. The highest BCUT2D eigenvalue weighted by molar-refractivity contribution is 5.90. The van der Waals surface area contributed by atoms with Gasteiger partial charge in [-0.15, -0.1) is 0 Å². The van der Waals surface area contributed by atoms with E-state index in [0.717, 1.165) is 17.5 Å². The summed E-state index contributed by atoms with van der Waals surface area (Å²) in [7, 11) is 3.22. The van der Waals surface area contributed by atoms with Crippen LogP contribution in [0.1, 0.15) is 19.8 Å². The van der Waals surface area contributed by atoms with Crippen LogP contribution in [0.5, 0.6) is 11.5 Å². The van der Waals surface area contributed by atoms with Gasteiger partial charge in [0.2, 0.25) is 5.91 Å². The molecule has 1 heterocycles. The smallest absolute Gasteiger partial charge is 0.225 e. The molecule has 0 fully saturated rings. The second-order valence-corrected chi connectivity index (χ2v) is 6.16. The van der Waals surface area contributed by atoms with Crippen LogP contribution in [0.4, 0.5) is 5.82 Å². The minimum Gasteiger partial charge on any atom is -0.496 e. The fourth-order valence-electron chi connectivity index (χ4n) is 2.89. The van der Waals surface area contributed by atoms with Crippen LogP contribution in [0, 0.1) is 0 Å². The molecule has 6 nitrogen and oxygen atoms in total. The van der Waals surface area contributed by atoms with Gasteiger partial charge in [0.05, 0.1) is 25.5 Å². The molecule has 1 amide bonds. The van der Waals surface area contributed by atoms with Crippen molar-refractivity contribution in [3.63, 3.8) is 0 Å². The Morgan fingerprint density at radius 1 is 0.929 bits per heavy atom. The number of methoxy groups -OCH3 is 2. The first-order valence-electron chi connectivity index (χ1n) is 9.12. The zero-order chi connectivity index (χ0) is 19.9. The van der Waals surface area contributed by atoms with Gasteiger partial charge in [-0.1, -0.05) is 31.2 Å². The van der Waals surface area contributed by atoms with Crippen molar-refractivity contribution in [2.75, 3.05) is 19.5 Å². The summed E-state index contributed by atoms with van der Waals surface area (Å²) in [5, 5.41) is 2.87. The molecular weight excluding hydrogens is 354 g/mol. The number of rotatable bonds is 7. The number of carbonyl (C=O) groups excluding carboxylic acids is 1. The van der Waals surface area contributed by atoms with Crippen molar-refractivity contribution in [3.8, 4) is 34.1 Å². The molecule has 2 aromatic carbocycles. The number of hydrogen-bond donors (Lipinski definition) is 1. The van der Waals surface area contributed by atoms with Crippen LogP contribution < -0.4 is 14.8 Å². The lowest BCUT2D eigenvalue weighted by atomic mass is 10.1. The molecule has 1 N–H and O–H groups in total. The van der Waals surface area contributed by atoms with Gasteiger partial charge in [0.15, 0.2) is 5.82 Å². The van der Waals surface area contributed by atoms with Crippen LogP contribution >= 0.6 is 0 Å². The monoisotopic (exact) mass is 377 g/mol. The topological polar surface area (TPSA) is 73.3 Å². The maximum Gasteiger partial charge on any atom is 0.225 e. The maximum absolute atomic E-state index is 12.1. The van der Waals surface area contributed by atoms with E-state index in [9.17, 15) is 4.79 Å².